The number of amides is 1. The number of allylic oxidation sites excluding steroid dienone is 3. The number of carbonyl (C=O) groups is 2. The van der Waals surface area contributed by atoms with Gasteiger partial charge in [0.15, 0.2) is 0 Å². The van der Waals surface area contributed by atoms with Crippen LogP contribution >= 0.6 is 0 Å². The molecular weight excluding hydrogens is 499 g/mol. The monoisotopic (exact) mass is 526 g/mol. The number of aromatic nitrogens is 3. The molecule has 0 radical (unpaired) electrons. The first-order chi connectivity index (χ1) is 18.8. The van der Waals surface area contributed by atoms with Crippen molar-refractivity contribution in [2.75, 3.05) is 24.3 Å². The van der Waals surface area contributed by atoms with Gasteiger partial charge in [-0.2, -0.15) is 9.37 Å². The molecule has 2 aliphatic rings. The average Bonchev–Trinajstić information content (AvgIpc) is 2.93. The van der Waals surface area contributed by atoms with Gasteiger partial charge >= 0.3 is 5.97 Å². The third kappa shape index (κ3) is 6.45. The number of benzene rings is 1. The Hall–Kier alpha value is -5.04. The highest BCUT2D eigenvalue weighted by molar-refractivity contribution is 6.06. The Morgan fingerprint density at radius 1 is 1.15 bits per heavy atom. The number of anilines is 3. The molecule has 198 valence electrons. The molecule has 0 aliphatic carbocycles. The Morgan fingerprint density at radius 3 is 2.74 bits per heavy atom. The van der Waals surface area contributed by atoms with Crippen LogP contribution in [0.3, 0.4) is 0 Å². The highest BCUT2D eigenvalue weighted by Crippen LogP contribution is 2.28. The van der Waals surface area contributed by atoms with Crippen LogP contribution < -0.4 is 16.0 Å². The summed E-state index contributed by atoms with van der Waals surface area (Å²) in [6.07, 6.45) is 13.3. The molecule has 0 saturated carbocycles. The fourth-order valence-electron chi connectivity index (χ4n) is 3.99. The van der Waals surface area contributed by atoms with Crippen molar-refractivity contribution in [3.8, 4) is 23.5 Å². The Morgan fingerprint density at radius 2 is 1.97 bits per heavy atom. The number of hydrogen-bond donors (Lipinski definition) is 3. The van der Waals surface area contributed by atoms with Gasteiger partial charge < -0.3 is 20.7 Å². The van der Waals surface area contributed by atoms with E-state index in [-0.39, 0.29) is 22.8 Å². The number of nitrogens with one attached hydrogen (secondary N) is 3. The number of nitrogens with zero attached hydrogens (tertiary/aromatic N) is 3. The first-order valence-corrected chi connectivity index (χ1v) is 12.2. The number of rotatable bonds is 1. The standard InChI is InChI=1S/C29H27FN6O3/c1-5-7-21-12-17(2)8-6-11-31-27(37)22-10-9-19(13-23(22)28(38)39-4)20-14-24(25(30)32-16-20)35-29-33-15-18(3)26(34-21)36-29/h1,7,9-10,12-16H,6,8,11H2,2-4H3,(H,31,37)(H2,33,34,35,36)/b17-12+,21-7+. The maximum absolute atomic E-state index is 14.7. The smallest absolute Gasteiger partial charge is 0.338 e. The lowest BCUT2D eigenvalue weighted by atomic mass is 9.99. The number of terminal acetylenes is 1. The maximum Gasteiger partial charge on any atom is 0.338 e. The maximum atomic E-state index is 14.7. The van der Waals surface area contributed by atoms with Gasteiger partial charge in [-0.1, -0.05) is 17.6 Å². The van der Waals surface area contributed by atoms with E-state index in [2.05, 4.69) is 36.8 Å². The Kier molecular flexibility index (Phi) is 8.31. The van der Waals surface area contributed by atoms with Crippen LogP contribution in [0.1, 0.15) is 46.0 Å². The van der Waals surface area contributed by atoms with Crippen LogP contribution in [0.15, 0.2) is 60.1 Å². The van der Waals surface area contributed by atoms with Crippen LogP contribution in [0, 0.1) is 25.2 Å². The van der Waals surface area contributed by atoms with E-state index in [1.54, 1.807) is 18.3 Å². The summed E-state index contributed by atoms with van der Waals surface area (Å²) < 4.78 is 19.6. The van der Waals surface area contributed by atoms with E-state index in [4.69, 9.17) is 11.2 Å². The van der Waals surface area contributed by atoms with Gasteiger partial charge in [0.25, 0.3) is 5.91 Å². The molecule has 1 amide bonds. The first-order valence-electron chi connectivity index (χ1n) is 12.2. The van der Waals surface area contributed by atoms with E-state index in [1.165, 1.54) is 31.5 Å². The topological polar surface area (TPSA) is 118 Å². The number of fused-ring (bicyclic) bond motifs is 9. The number of carbonyl (C=O) groups excluding carboxylic acids is 2. The van der Waals surface area contributed by atoms with E-state index in [0.717, 1.165) is 11.1 Å². The lowest BCUT2D eigenvalue weighted by Crippen LogP contribution is -2.26. The van der Waals surface area contributed by atoms with Crippen molar-refractivity contribution < 1.29 is 18.7 Å². The zero-order chi connectivity index (χ0) is 27.9. The molecule has 2 aromatic heterocycles. The molecule has 1 aromatic carbocycles. The molecule has 6 bridgehead atoms. The number of aryl methyl sites for hydroxylation is 1. The van der Waals surface area contributed by atoms with Crippen LogP contribution in [-0.4, -0.2) is 40.5 Å². The largest absolute Gasteiger partial charge is 0.465 e. The Bertz CT molecular complexity index is 1540. The van der Waals surface area contributed by atoms with Gasteiger partial charge in [-0.25, -0.2) is 14.8 Å². The number of halogens is 1. The molecule has 0 saturated heterocycles. The summed E-state index contributed by atoms with van der Waals surface area (Å²) in [6, 6.07) is 6.24. The minimum atomic E-state index is -0.768. The molecule has 0 fully saturated rings. The quantitative estimate of drug-likeness (QED) is 0.232. The molecule has 0 spiro atoms. The van der Waals surface area contributed by atoms with Crippen LogP contribution in [0.4, 0.5) is 21.8 Å². The number of hydrogen-bond acceptors (Lipinski definition) is 8. The molecule has 3 aromatic rings. The van der Waals surface area contributed by atoms with E-state index in [1.807, 2.05) is 19.9 Å². The summed E-state index contributed by atoms with van der Waals surface area (Å²) in [5.41, 5.74) is 3.71. The minimum absolute atomic E-state index is 0.0216. The fourth-order valence-corrected chi connectivity index (χ4v) is 3.99. The lowest BCUT2D eigenvalue weighted by Gasteiger charge is -2.14. The summed E-state index contributed by atoms with van der Waals surface area (Å²) in [5.74, 6) is 1.30. The predicted molar refractivity (Wildman–Crippen MR) is 147 cm³/mol. The molecule has 3 N–H and O–H groups in total. The highest BCUT2D eigenvalue weighted by atomic mass is 19.1. The zero-order valence-electron chi connectivity index (χ0n) is 21.8. The van der Waals surface area contributed by atoms with E-state index in [9.17, 15) is 14.0 Å². The Balaban J connectivity index is 1.82. The molecule has 0 atom stereocenters. The van der Waals surface area contributed by atoms with Gasteiger partial charge in [-0.3, -0.25) is 4.79 Å². The lowest BCUT2D eigenvalue weighted by molar-refractivity contribution is 0.0596. The number of ether oxygens (including phenoxy) is 1. The van der Waals surface area contributed by atoms with Gasteiger partial charge in [0.05, 0.1) is 23.9 Å². The van der Waals surface area contributed by atoms with Crippen molar-refractivity contribution in [2.24, 2.45) is 0 Å². The number of methoxy groups -OCH3 is 1. The van der Waals surface area contributed by atoms with Crippen LogP contribution in [0.2, 0.25) is 0 Å². The summed E-state index contributed by atoms with van der Waals surface area (Å²) in [5, 5.41) is 8.95. The van der Waals surface area contributed by atoms with E-state index >= 15 is 0 Å². The molecule has 39 heavy (non-hydrogen) atoms. The predicted octanol–water partition coefficient (Wildman–Crippen LogP) is 4.92. The summed E-state index contributed by atoms with van der Waals surface area (Å²) >= 11 is 0. The van der Waals surface area contributed by atoms with Crippen LogP contribution in [0.5, 0.6) is 0 Å². The summed E-state index contributed by atoms with van der Waals surface area (Å²) in [7, 11) is 1.24. The second-order valence-electron chi connectivity index (χ2n) is 8.91. The van der Waals surface area contributed by atoms with Crippen molar-refractivity contribution in [1.29, 1.82) is 0 Å². The average molecular weight is 527 g/mol. The molecule has 0 unspecified atom stereocenters. The number of pyridine rings is 1. The molecule has 9 nitrogen and oxygen atoms in total. The fraction of sp³-hybridized carbons (Fsp3) is 0.207. The van der Waals surface area contributed by atoms with Crippen molar-refractivity contribution in [1.82, 2.24) is 20.3 Å². The van der Waals surface area contributed by atoms with Gasteiger partial charge in [0.1, 0.15) is 5.82 Å². The van der Waals surface area contributed by atoms with E-state index in [0.29, 0.717) is 42.0 Å². The van der Waals surface area contributed by atoms with Gasteiger partial charge in [0, 0.05) is 41.8 Å². The van der Waals surface area contributed by atoms with Gasteiger partial charge in [-0.05, 0) is 56.5 Å². The third-order valence-electron chi connectivity index (χ3n) is 6.00. The SMILES string of the molecule is C#C/C=C1\C=C(/C)CCCNC(=O)c2ccc(cc2C(=O)OC)-c2cnc(F)c(c2)Nc2ncc(C)c(n2)N1. The summed E-state index contributed by atoms with van der Waals surface area (Å²) in [6.45, 7) is 4.18. The molecule has 2 aliphatic heterocycles. The number of esters is 1. The molecule has 10 heteroatoms. The van der Waals surface area contributed by atoms with Crippen molar-refractivity contribution >= 4 is 29.3 Å². The second kappa shape index (κ2) is 12.0. The van der Waals surface area contributed by atoms with Gasteiger partial charge in [0.2, 0.25) is 11.9 Å². The first kappa shape index (κ1) is 27.0. The Labute approximate surface area is 225 Å². The van der Waals surface area contributed by atoms with Crippen molar-refractivity contribution in [3.63, 3.8) is 0 Å². The molecular formula is C29H27FN6O3. The minimum Gasteiger partial charge on any atom is -0.465 e. The molecule has 4 heterocycles. The summed E-state index contributed by atoms with van der Waals surface area (Å²) in [4.78, 5) is 38.1. The van der Waals surface area contributed by atoms with Gasteiger partial charge in [-0.15, -0.1) is 6.42 Å². The van der Waals surface area contributed by atoms with Crippen molar-refractivity contribution in [3.05, 3.63) is 82.7 Å². The third-order valence-corrected chi connectivity index (χ3v) is 6.00. The second-order valence-corrected chi connectivity index (χ2v) is 8.91. The normalized spacial score (nSPS) is 16.1. The molecule has 5 rings (SSSR count). The van der Waals surface area contributed by atoms with Crippen LogP contribution in [0.25, 0.3) is 11.1 Å². The van der Waals surface area contributed by atoms with Crippen molar-refractivity contribution in [2.45, 2.75) is 26.7 Å². The van der Waals surface area contributed by atoms with E-state index < -0.39 is 17.8 Å². The zero-order valence-corrected chi connectivity index (χ0v) is 21.8. The highest BCUT2D eigenvalue weighted by Gasteiger charge is 2.20. The van der Waals surface area contributed by atoms with Crippen LogP contribution in [-0.2, 0) is 4.74 Å².